The van der Waals surface area contributed by atoms with Crippen LogP contribution >= 0.6 is 11.8 Å². The van der Waals surface area contributed by atoms with Crippen molar-refractivity contribution in [2.75, 3.05) is 12.4 Å². The summed E-state index contributed by atoms with van der Waals surface area (Å²) in [6.07, 6.45) is 8.09. The molecule has 0 saturated carbocycles. The van der Waals surface area contributed by atoms with E-state index in [0.717, 1.165) is 32.1 Å². The van der Waals surface area contributed by atoms with Crippen LogP contribution in [0.5, 0.6) is 0 Å². The zero-order valence-electron chi connectivity index (χ0n) is 14.2. The highest BCUT2D eigenvalue weighted by molar-refractivity contribution is 8.13. The predicted molar refractivity (Wildman–Crippen MR) is 94.3 cm³/mol. The zero-order chi connectivity index (χ0) is 17.7. The first-order valence-corrected chi connectivity index (χ1v) is 9.94. The Bertz CT molecular complexity index is 529. The molecule has 8 heteroatoms. The van der Waals surface area contributed by atoms with Gasteiger partial charge in [0.05, 0.1) is 24.9 Å². The minimum absolute atomic E-state index is 0.0705. The maximum Gasteiger partial charge on any atom is 0.409 e. The van der Waals surface area contributed by atoms with Crippen LogP contribution in [0.1, 0.15) is 44.9 Å². The minimum Gasteiger partial charge on any atom is -0.449 e. The molecular weight excluding hydrogens is 344 g/mol. The van der Waals surface area contributed by atoms with Gasteiger partial charge in [0, 0.05) is 18.6 Å². The van der Waals surface area contributed by atoms with Crippen LogP contribution in [0.15, 0.2) is 12.2 Å². The van der Waals surface area contributed by atoms with Gasteiger partial charge in [-0.3, -0.25) is 10.1 Å². The number of ether oxygens (including phenoxy) is 2. The molecule has 0 radical (unpaired) electrons. The van der Waals surface area contributed by atoms with E-state index in [1.807, 2.05) is 0 Å². The van der Waals surface area contributed by atoms with Gasteiger partial charge in [0.25, 0.3) is 5.24 Å². The van der Waals surface area contributed by atoms with Crippen LogP contribution in [0.4, 0.5) is 9.59 Å². The Hall–Kier alpha value is -1.25. The van der Waals surface area contributed by atoms with Crippen molar-refractivity contribution < 1.29 is 24.2 Å². The molecule has 25 heavy (non-hydrogen) atoms. The number of hydrogen-bond acceptors (Lipinski definition) is 6. The van der Waals surface area contributed by atoms with Crippen LogP contribution in [0.3, 0.4) is 0 Å². The number of fused-ring (bicyclic) bond motifs is 2. The van der Waals surface area contributed by atoms with Crippen LogP contribution < -0.4 is 10.6 Å². The maximum atomic E-state index is 12.0. The molecular formula is C17H26N2O5S. The van der Waals surface area contributed by atoms with E-state index in [4.69, 9.17) is 9.47 Å². The van der Waals surface area contributed by atoms with Crippen LogP contribution in [0.25, 0.3) is 0 Å². The minimum atomic E-state index is -1.37. The fraction of sp³-hybridized carbons (Fsp3) is 0.765. The molecule has 0 unspecified atom stereocenters. The van der Waals surface area contributed by atoms with E-state index in [1.165, 1.54) is 11.8 Å². The molecule has 3 N–H and O–H groups in total. The molecule has 3 aliphatic heterocycles. The lowest BCUT2D eigenvalue weighted by Crippen LogP contribution is -2.59. The average Bonchev–Trinajstić information content (AvgIpc) is 2.98. The Morgan fingerprint density at radius 1 is 1.20 bits per heavy atom. The molecule has 3 heterocycles. The summed E-state index contributed by atoms with van der Waals surface area (Å²) in [7, 11) is 0. The van der Waals surface area contributed by atoms with Crippen molar-refractivity contribution in [1.29, 1.82) is 0 Å². The topological polar surface area (TPSA) is 96.9 Å². The molecule has 0 aromatic rings. The summed E-state index contributed by atoms with van der Waals surface area (Å²) in [6, 6.07) is -0.150. The largest absolute Gasteiger partial charge is 0.449 e. The van der Waals surface area contributed by atoms with E-state index in [1.54, 1.807) is 0 Å². The number of rotatable bonds is 1. The average molecular weight is 370 g/mol. The molecule has 3 rings (SSSR count). The lowest BCUT2D eigenvalue weighted by Gasteiger charge is -2.43. The lowest BCUT2D eigenvalue weighted by atomic mass is 9.89. The quantitative estimate of drug-likeness (QED) is 0.613. The highest BCUT2D eigenvalue weighted by atomic mass is 32.2. The second-order valence-corrected chi connectivity index (χ2v) is 7.88. The second kappa shape index (κ2) is 8.42. The molecule has 140 valence electrons. The third-order valence-electron chi connectivity index (χ3n) is 4.76. The summed E-state index contributed by atoms with van der Waals surface area (Å²) in [5, 5.41) is 16.4. The second-order valence-electron chi connectivity index (χ2n) is 6.89. The van der Waals surface area contributed by atoms with Gasteiger partial charge in [-0.05, 0) is 32.1 Å². The van der Waals surface area contributed by atoms with Gasteiger partial charge >= 0.3 is 6.09 Å². The summed E-state index contributed by atoms with van der Waals surface area (Å²) in [5.74, 6) is 0.611. The van der Waals surface area contributed by atoms with Crippen molar-refractivity contribution in [3.63, 3.8) is 0 Å². The molecule has 2 fully saturated rings. The fourth-order valence-corrected chi connectivity index (χ4v) is 4.40. The monoisotopic (exact) mass is 370 g/mol. The molecule has 0 aromatic carbocycles. The summed E-state index contributed by atoms with van der Waals surface area (Å²) < 4.78 is 11.3. The van der Waals surface area contributed by atoms with Crippen molar-refractivity contribution in [1.82, 2.24) is 10.6 Å². The molecule has 3 aliphatic rings. The molecule has 0 spiro atoms. The zero-order valence-corrected chi connectivity index (χ0v) is 15.1. The van der Waals surface area contributed by atoms with E-state index in [2.05, 4.69) is 22.8 Å². The van der Waals surface area contributed by atoms with Gasteiger partial charge in [0.15, 0.2) is 0 Å². The molecule has 0 aliphatic carbocycles. The predicted octanol–water partition coefficient (Wildman–Crippen LogP) is 2.29. The smallest absolute Gasteiger partial charge is 0.409 e. The van der Waals surface area contributed by atoms with E-state index in [0.29, 0.717) is 18.8 Å². The van der Waals surface area contributed by atoms with Crippen molar-refractivity contribution in [2.45, 2.75) is 68.9 Å². The number of carbonyl (C=O) groups is 2. The van der Waals surface area contributed by atoms with Crippen molar-refractivity contribution in [3.05, 3.63) is 12.2 Å². The highest BCUT2D eigenvalue weighted by Crippen LogP contribution is 2.33. The van der Waals surface area contributed by atoms with E-state index < -0.39 is 11.8 Å². The van der Waals surface area contributed by atoms with Crippen LogP contribution in [-0.4, -0.2) is 52.8 Å². The number of carbonyl (C=O) groups excluding carboxylic acids is 2. The summed E-state index contributed by atoms with van der Waals surface area (Å²) >= 11 is 1.22. The number of amides is 2. The van der Waals surface area contributed by atoms with Crippen molar-refractivity contribution in [2.24, 2.45) is 0 Å². The number of cyclic esters (lactones) is 1. The Kier molecular flexibility index (Phi) is 6.24. The van der Waals surface area contributed by atoms with Crippen LogP contribution in [0, 0.1) is 0 Å². The maximum absolute atomic E-state index is 12.0. The Labute approximate surface area is 151 Å². The first kappa shape index (κ1) is 18.5. The van der Waals surface area contributed by atoms with Gasteiger partial charge in [-0.15, -0.1) is 0 Å². The summed E-state index contributed by atoms with van der Waals surface area (Å²) in [6.45, 7) is 0.324. The third-order valence-corrected chi connectivity index (χ3v) is 5.67. The molecule has 4 atom stereocenters. The SMILES string of the molecule is O=C1N[C@@]2(O)C[C@@H](CCCC=CCCCO1)O[C@@H]([C@@H]1CSC(=O)N1)C2. The summed E-state index contributed by atoms with van der Waals surface area (Å²) in [4.78, 5) is 23.5. The standard InChI is InChI=1S/C17H26N2O5S/c20-15-19-17(22)9-12(7-5-3-1-2-4-6-8-23-15)24-14(10-17)13-11-25-16(21)18-13/h1-2,12-14,22H,3-11H2,(H,18,21)(H,19,20)/t12-,13+,14-,17-/m1/s1. The van der Waals surface area contributed by atoms with E-state index in [-0.39, 0.29) is 29.9 Å². The van der Waals surface area contributed by atoms with Gasteiger partial charge in [-0.2, -0.15) is 0 Å². The molecule has 0 aromatic heterocycles. The number of allylic oxidation sites excluding steroid dienone is 2. The van der Waals surface area contributed by atoms with Gasteiger partial charge in [-0.1, -0.05) is 23.9 Å². The lowest BCUT2D eigenvalue weighted by molar-refractivity contribution is -0.160. The number of nitrogens with one attached hydrogen (secondary N) is 2. The molecule has 7 nitrogen and oxygen atoms in total. The van der Waals surface area contributed by atoms with E-state index in [9.17, 15) is 14.7 Å². The molecule has 2 saturated heterocycles. The first-order chi connectivity index (χ1) is 12.0. The number of thioether (sulfide) groups is 1. The van der Waals surface area contributed by atoms with Gasteiger partial charge in [0.1, 0.15) is 5.72 Å². The normalized spacial score (nSPS) is 37.6. The Balaban J connectivity index is 1.70. The fourth-order valence-electron chi connectivity index (χ4n) is 3.54. The Morgan fingerprint density at radius 3 is 2.76 bits per heavy atom. The third kappa shape index (κ3) is 5.36. The molecule has 2 bridgehead atoms. The Morgan fingerprint density at radius 2 is 2.00 bits per heavy atom. The number of hydrogen-bond donors (Lipinski definition) is 3. The van der Waals surface area contributed by atoms with Crippen LogP contribution in [-0.2, 0) is 9.47 Å². The van der Waals surface area contributed by atoms with Gasteiger partial charge < -0.3 is 19.9 Å². The van der Waals surface area contributed by atoms with Crippen LogP contribution in [0.2, 0.25) is 0 Å². The van der Waals surface area contributed by atoms with E-state index >= 15 is 0 Å². The first-order valence-electron chi connectivity index (χ1n) is 8.95. The van der Waals surface area contributed by atoms with Gasteiger partial charge in [-0.25, -0.2) is 4.79 Å². The highest BCUT2D eigenvalue weighted by Gasteiger charge is 2.45. The van der Waals surface area contributed by atoms with Crippen molar-refractivity contribution in [3.8, 4) is 0 Å². The van der Waals surface area contributed by atoms with Gasteiger partial charge in [0.2, 0.25) is 0 Å². The number of alkyl carbamates (subject to hydrolysis) is 1. The van der Waals surface area contributed by atoms with Crippen molar-refractivity contribution >= 4 is 23.1 Å². The number of aliphatic hydroxyl groups is 1. The summed E-state index contributed by atoms with van der Waals surface area (Å²) in [5.41, 5.74) is -1.37. The molecule has 2 amide bonds.